The Kier molecular flexibility index (Phi) is 3.50. The highest BCUT2D eigenvalue weighted by atomic mass is 16.7. The molecular weight excluding hydrogens is 230 g/mol. The number of benzene rings is 1. The van der Waals surface area contributed by atoms with Gasteiger partial charge in [0.05, 0.1) is 12.3 Å². The normalized spacial score (nSPS) is 22.0. The highest BCUT2D eigenvalue weighted by molar-refractivity contribution is 5.89. The van der Waals surface area contributed by atoms with Gasteiger partial charge in [-0.3, -0.25) is 0 Å². The van der Waals surface area contributed by atoms with Gasteiger partial charge < -0.3 is 15.5 Å². The first-order valence-electron chi connectivity index (χ1n) is 5.89. The molecule has 0 fully saturated rings. The van der Waals surface area contributed by atoms with Crippen LogP contribution in [0.4, 0.5) is 10.5 Å². The van der Waals surface area contributed by atoms with Gasteiger partial charge in [0.25, 0.3) is 0 Å². The van der Waals surface area contributed by atoms with Gasteiger partial charge in [-0.1, -0.05) is 23.4 Å². The lowest BCUT2D eigenvalue weighted by atomic mass is 10.0. The summed E-state index contributed by atoms with van der Waals surface area (Å²) in [4.78, 5) is 17.0. The van der Waals surface area contributed by atoms with E-state index < -0.39 is 5.60 Å². The summed E-state index contributed by atoms with van der Waals surface area (Å²) in [6.45, 7) is 4.26. The molecule has 2 N–H and O–H groups in total. The van der Waals surface area contributed by atoms with Gasteiger partial charge in [-0.25, -0.2) is 4.79 Å². The van der Waals surface area contributed by atoms with E-state index in [0.717, 1.165) is 17.8 Å². The number of carbonyl (C=O) groups excluding carboxylic acids is 1. The van der Waals surface area contributed by atoms with E-state index in [1.165, 1.54) is 0 Å². The minimum Gasteiger partial charge on any atom is -0.387 e. The fourth-order valence-corrected chi connectivity index (χ4v) is 1.85. The molecule has 0 unspecified atom stereocenters. The van der Waals surface area contributed by atoms with Crippen LogP contribution in [0.1, 0.15) is 20.3 Å². The summed E-state index contributed by atoms with van der Waals surface area (Å²) in [5.41, 5.74) is 1.28. The number of nitrogens with one attached hydrogen (secondary N) is 2. The van der Waals surface area contributed by atoms with Gasteiger partial charge in [0.1, 0.15) is 0 Å². The second kappa shape index (κ2) is 5.08. The molecule has 18 heavy (non-hydrogen) atoms. The summed E-state index contributed by atoms with van der Waals surface area (Å²) in [6, 6.07) is 9.07. The molecule has 2 amide bonds. The standard InChI is InChI=1S/C13H17N3O2/c1-10-8-13(2,18-16-10)9-14-12(17)15-11-6-4-3-5-7-11/h3-7H,8-9H2,1-2H3,(H2,14,15,17)/t13-/m1/s1. The number of urea groups is 1. The molecule has 5 nitrogen and oxygen atoms in total. The summed E-state index contributed by atoms with van der Waals surface area (Å²) >= 11 is 0. The van der Waals surface area contributed by atoms with Crippen LogP contribution in [0.2, 0.25) is 0 Å². The SMILES string of the molecule is CC1=NO[C@@](C)(CNC(=O)Nc2ccccc2)C1. The number of amides is 2. The van der Waals surface area contributed by atoms with E-state index in [2.05, 4.69) is 15.8 Å². The fourth-order valence-electron chi connectivity index (χ4n) is 1.85. The molecule has 0 radical (unpaired) electrons. The van der Waals surface area contributed by atoms with Gasteiger partial charge in [0, 0.05) is 12.1 Å². The molecule has 0 spiro atoms. The highest BCUT2D eigenvalue weighted by Gasteiger charge is 2.32. The van der Waals surface area contributed by atoms with Crippen molar-refractivity contribution in [3.63, 3.8) is 0 Å². The Balaban J connectivity index is 1.79. The van der Waals surface area contributed by atoms with Crippen molar-refractivity contribution in [1.82, 2.24) is 5.32 Å². The Morgan fingerprint density at radius 2 is 2.17 bits per heavy atom. The molecule has 1 atom stereocenters. The molecule has 1 aliphatic heterocycles. The first kappa shape index (κ1) is 12.4. The van der Waals surface area contributed by atoms with Crippen molar-refractivity contribution >= 4 is 17.4 Å². The van der Waals surface area contributed by atoms with E-state index in [4.69, 9.17) is 4.84 Å². The van der Waals surface area contributed by atoms with E-state index in [0.29, 0.717) is 6.54 Å². The van der Waals surface area contributed by atoms with Crippen LogP contribution in [0.3, 0.4) is 0 Å². The van der Waals surface area contributed by atoms with Gasteiger partial charge in [0.15, 0.2) is 5.60 Å². The van der Waals surface area contributed by atoms with Gasteiger partial charge >= 0.3 is 6.03 Å². The first-order chi connectivity index (χ1) is 8.57. The third-order valence-corrected chi connectivity index (χ3v) is 2.71. The lowest BCUT2D eigenvalue weighted by Gasteiger charge is -2.21. The van der Waals surface area contributed by atoms with E-state index >= 15 is 0 Å². The molecule has 0 saturated carbocycles. The maximum absolute atomic E-state index is 11.7. The Morgan fingerprint density at radius 1 is 1.44 bits per heavy atom. The molecular formula is C13H17N3O2. The largest absolute Gasteiger partial charge is 0.387 e. The van der Waals surface area contributed by atoms with Gasteiger partial charge in [-0.05, 0) is 26.0 Å². The number of nitrogens with zero attached hydrogens (tertiary/aromatic N) is 1. The summed E-state index contributed by atoms with van der Waals surface area (Å²) < 4.78 is 0. The van der Waals surface area contributed by atoms with Crippen molar-refractivity contribution in [2.45, 2.75) is 25.9 Å². The molecule has 0 aliphatic carbocycles. The molecule has 1 aromatic rings. The molecule has 1 aliphatic rings. The van der Waals surface area contributed by atoms with E-state index in [-0.39, 0.29) is 6.03 Å². The average molecular weight is 247 g/mol. The Bertz CT molecular complexity index is 459. The van der Waals surface area contributed by atoms with Crippen molar-refractivity contribution in [3.8, 4) is 0 Å². The smallest absolute Gasteiger partial charge is 0.319 e. The van der Waals surface area contributed by atoms with Gasteiger partial charge in [-0.2, -0.15) is 0 Å². The van der Waals surface area contributed by atoms with Crippen LogP contribution in [0.15, 0.2) is 35.5 Å². The van der Waals surface area contributed by atoms with E-state index in [9.17, 15) is 4.79 Å². The summed E-state index contributed by atoms with van der Waals surface area (Å²) in [5.74, 6) is 0. The minimum absolute atomic E-state index is 0.240. The predicted molar refractivity (Wildman–Crippen MR) is 70.7 cm³/mol. The molecule has 0 aromatic heterocycles. The summed E-state index contributed by atoms with van der Waals surface area (Å²) in [6.07, 6.45) is 0.735. The third kappa shape index (κ3) is 3.23. The number of hydrogen-bond acceptors (Lipinski definition) is 3. The number of oxime groups is 1. The fraction of sp³-hybridized carbons (Fsp3) is 0.385. The Hall–Kier alpha value is -2.04. The van der Waals surface area contributed by atoms with Gasteiger partial charge in [0.2, 0.25) is 0 Å². The van der Waals surface area contributed by atoms with Crippen LogP contribution in [-0.4, -0.2) is 23.9 Å². The Morgan fingerprint density at radius 3 is 2.78 bits per heavy atom. The molecule has 0 bridgehead atoms. The number of para-hydroxylation sites is 1. The van der Waals surface area contributed by atoms with Crippen molar-refractivity contribution in [2.24, 2.45) is 5.16 Å². The summed E-state index contributed by atoms with van der Waals surface area (Å²) in [7, 11) is 0. The zero-order valence-corrected chi connectivity index (χ0v) is 10.6. The lowest BCUT2D eigenvalue weighted by molar-refractivity contribution is -0.0000958. The van der Waals surface area contributed by atoms with Crippen molar-refractivity contribution in [1.29, 1.82) is 0 Å². The summed E-state index contributed by atoms with van der Waals surface area (Å²) in [5, 5.41) is 9.43. The van der Waals surface area contributed by atoms with Crippen LogP contribution in [0.5, 0.6) is 0 Å². The maximum Gasteiger partial charge on any atom is 0.319 e. The van der Waals surface area contributed by atoms with E-state index in [1.54, 1.807) is 0 Å². The van der Waals surface area contributed by atoms with Crippen molar-refractivity contribution in [2.75, 3.05) is 11.9 Å². The lowest BCUT2D eigenvalue weighted by Crippen LogP contribution is -2.42. The van der Waals surface area contributed by atoms with Crippen molar-refractivity contribution in [3.05, 3.63) is 30.3 Å². The maximum atomic E-state index is 11.7. The second-order valence-electron chi connectivity index (χ2n) is 4.72. The Labute approximate surface area is 106 Å². The predicted octanol–water partition coefficient (Wildman–Crippen LogP) is 2.36. The van der Waals surface area contributed by atoms with Crippen LogP contribution < -0.4 is 10.6 Å². The number of hydrogen-bond donors (Lipinski definition) is 2. The van der Waals surface area contributed by atoms with Crippen LogP contribution in [0.25, 0.3) is 0 Å². The quantitative estimate of drug-likeness (QED) is 0.861. The van der Waals surface area contributed by atoms with Crippen molar-refractivity contribution < 1.29 is 9.63 Å². The molecule has 1 heterocycles. The zero-order valence-electron chi connectivity index (χ0n) is 10.6. The van der Waals surface area contributed by atoms with Crippen LogP contribution in [-0.2, 0) is 4.84 Å². The van der Waals surface area contributed by atoms with Crippen LogP contribution in [0, 0.1) is 0 Å². The third-order valence-electron chi connectivity index (χ3n) is 2.71. The van der Waals surface area contributed by atoms with Gasteiger partial charge in [-0.15, -0.1) is 0 Å². The number of anilines is 1. The highest BCUT2D eigenvalue weighted by Crippen LogP contribution is 2.22. The molecule has 5 heteroatoms. The topological polar surface area (TPSA) is 62.7 Å². The average Bonchev–Trinajstić information content (AvgIpc) is 2.69. The number of carbonyl (C=O) groups is 1. The zero-order chi connectivity index (χ0) is 13.0. The molecule has 2 rings (SSSR count). The first-order valence-corrected chi connectivity index (χ1v) is 5.89. The van der Waals surface area contributed by atoms with E-state index in [1.807, 2.05) is 44.2 Å². The monoisotopic (exact) mass is 247 g/mol. The molecule has 96 valence electrons. The molecule has 0 saturated heterocycles. The minimum atomic E-state index is -0.432. The number of rotatable bonds is 3. The molecule has 1 aromatic carbocycles. The second-order valence-corrected chi connectivity index (χ2v) is 4.72. The van der Waals surface area contributed by atoms with Crippen LogP contribution >= 0.6 is 0 Å².